The Balaban J connectivity index is 1.85. The molecule has 2 aliphatic heterocycles. The van der Waals surface area contributed by atoms with Crippen LogP contribution in [0.25, 0.3) is 0 Å². The van der Waals surface area contributed by atoms with Crippen LogP contribution in [0.1, 0.15) is 12.8 Å². The molecule has 136 valence electrons. The lowest BCUT2D eigenvalue weighted by Gasteiger charge is -2.43. The first-order valence-electron chi connectivity index (χ1n) is 8.25. The fraction of sp³-hybridized carbons (Fsp3) is 0.588. The van der Waals surface area contributed by atoms with E-state index in [4.69, 9.17) is 0 Å². The number of halogens is 2. The summed E-state index contributed by atoms with van der Waals surface area (Å²) in [4.78, 5) is 33.6. The van der Waals surface area contributed by atoms with Gasteiger partial charge in [0.1, 0.15) is 0 Å². The summed E-state index contributed by atoms with van der Waals surface area (Å²) in [6, 6.07) is 3.44. The summed E-state index contributed by atoms with van der Waals surface area (Å²) in [6.07, 6.45) is 2.94. The predicted octanol–water partition coefficient (Wildman–Crippen LogP) is 1.23. The number of nitrogens with zero attached hydrogens (tertiary/aromatic N) is 4. The minimum absolute atomic E-state index is 0.0465. The third kappa shape index (κ3) is 3.49. The van der Waals surface area contributed by atoms with Crippen molar-refractivity contribution in [1.82, 2.24) is 14.8 Å². The fourth-order valence-electron chi connectivity index (χ4n) is 3.75. The van der Waals surface area contributed by atoms with Gasteiger partial charge in [-0.3, -0.25) is 14.6 Å². The SMILES string of the molecule is CN(C)CC(=O)N1CC(F)(F)CC2(CCN(c3cccnc3)C2=O)C1. The zero-order valence-corrected chi connectivity index (χ0v) is 14.4. The normalized spacial score (nSPS) is 25.9. The number of hydrogen-bond donors (Lipinski definition) is 0. The van der Waals surface area contributed by atoms with Gasteiger partial charge in [0.05, 0.1) is 30.4 Å². The maximum atomic E-state index is 14.4. The molecule has 0 radical (unpaired) electrons. The summed E-state index contributed by atoms with van der Waals surface area (Å²) in [5, 5.41) is 0. The number of anilines is 1. The first kappa shape index (κ1) is 17.7. The number of amides is 2. The van der Waals surface area contributed by atoms with Crippen LogP contribution in [0, 0.1) is 5.41 Å². The van der Waals surface area contributed by atoms with Gasteiger partial charge in [0, 0.05) is 25.7 Å². The first-order valence-corrected chi connectivity index (χ1v) is 8.25. The molecule has 1 atom stereocenters. The van der Waals surface area contributed by atoms with Crippen molar-refractivity contribution < 1.29 is 18.4 Å². The highest BCUT2D eigenvalue weighted by atomic mass is 19.3. The van der Waals surface area contributed by atoms with Crippen LogP contribution >= 0.6 is 0 Å². The van der Waals surface area contributed by atoms with Gasteiger partial charge in [0.25, 0.3) is 5.92 Å². The maximum Gasteiger partial charge on any atom is 0.266 e. The molecule has 2 aliphatic rings. The van der Waals surface area contributed by atoms with Gasteiger partial charge < -0.3 is 14.7 Å². The van der Waals surface area contributed by atoms with Crippen LogP contribution in [0.3, 0.4) is 0 Å². The number of likely N-dealkylation sites (tertiary alicyclic amines) is 1. The van der Waals surface area contributed by atoms with Gasteiger partial charge in [-0.15, -0.1) is 0 Å². The maximum absolute atomic E-state index is 14.4. The van der Waals surface area contributed by atoms with Crippen LogP contribution in [0.4, 0.5) is 14.5 Å². The van der Waals surface area contributed by atoms with Crippen LogP contribution in [0.2, 0.25) is 0 Å². The number of hydrogen-bond acceptors (Lipinski definition) is 4. The number of likely N-dealkylation sites (N-methyl/N-ethyl adjacent to an activating group) is 1. The lowest BCUT2D eigenvalue weighted by molar-refractivity contribution is -0.159. The Kier molecular flexibility index (Phi) is 4.49. The average Bonchev–Trinajstić information content (AvgIpc) is 2.82. The van der Waals surface area contributed by atoms with E-state index in [1.165, 1.54) is 4.90 Å². The Bertz CT molecular complexity index is 668. The van der Waals surface area contributed by atoms with Crippen molar-refractivity contribution >= 4 is 17.5 Å². The lowest BCUT2D eigenvalue weighted by Crippen LogP contribution is -2.58. The van der Waals surface area contributed by atoms with Gasteiger partial charge >= 0.3 is 0 Å². The Morgan fingerprint density at radius 1 is 1.36 bits per heavy atom. The van der Waals surface area contributed by atoms with Crippen molar-refractivity contribution in [2.75, 3.05) is 45.2 Å². The monoisotopic (exact) mass is 352 g/mol. The molecular weight excluding hydrogens is 330 g/mol. The number of aromatic nitrogens is 1. The number of carbonyl (C=O) groups excluding carboxylic acids is 2. The highest BCUT2D eigenvalue weighted by Crippen LogP contribution is 2.46. The van der Waals surface area contributed by atoms with E-state index in [2.05, 4.69) is 4.98 Å². The standard InChI is InChI=1S/C17H22F2N4O2/c1-21(2)9-14(24)22-11-16(10-17(18,19)12-22)5-7-23(15(16)25)13-4-3-6-20-8-13/h3-4,6,8H,5,7,9-12H2,1-2H3. The van der Waals surface area contributed by atoms with Gasteiger partial charge in [0.15, 0.2) is 0 Å². The van der Waals surface area contributed by atoms with Gasteiger partial charge in [-0.1, -0.05) is 0 Å². The van der Waals surface area contributed by atoms with E-state index in [1.54, 1.807) is 43.5 Å². The molecule has 3 rings (SSSR count). The van der Waals surface area contributed by atoms with E-state index in [1.807, 2.05) is 0 Å². The van der Waals surface area contributed by atoms with Gasteiger partial charge in [-0.2, -0.15) is 0 Å². The van der Waals surface area contributed by atoms with Crippen molar-refractivity contribution in [2.24, 2.45) is 5.41 Å². The quantitative estimate of drug-likeness (QED) is 0.821. The van der Waals surface area contributed by atoms with Crippen LogP contribution in [0.15, 0.2) is 24.5 Å². The largest absolute Gasteiger partial charge is 0.334 e. The second kappa shape index (κ2) is 6.33. The summed E-state index contributed by atoms with van der Waals surface area (Å²) in [5.41, 5.74) is -0.621. The molecule has 1 aromatic heterocycles. The van der Waals surface area contributed by atoms with Gasteiger partial charge in [0.2, 0.25) is 11.8 Å². The van der Waals surface area contributed by atoms with Crippen LogP contribution in [-0.4, -0.2) is 72.8 Å². The van der Waals surface area contributed by atoms with Gasteiger partial charge in [-0.05, 0) is 32.6 Å². The summed E-state index contributed by atoms with van der Waals surface area (Å²) < 4.78 is 28.7. The van der Waals surface area contributed by atoms with Crippen molar-refractivity contribution in [3.8, 4) is 0 Å². The Hall–Kier alpha value is -2.09. The van der Waals surface area contributed by atoms with Crippen molar-refractivity contribution in [2.45, 2.75) is 18.8 Å². The minimum atomic E-state index is -3.07. The lowest BCUT2D eigenvalue weighted by atomic mass is 9.77. The summed E-state index contributed by atoms with van der Waals surface area (Å²) in [5.74, 6) is -3.79. The van der Waals surface area contributed by atoms with Crippen molar-refractivity contribution in [3.63, 3.8) is 0 Å². The van der Waals surface area contributed by atoms with Gasteiger partial charge in [-0.25, -0.2) is 8.78 Å². The number of pyridine rings is 1. The Labute approximate surface area is 145 Å². The predicted molar refractivity (Wildman–Crippen MR) is 88.3 cm³/mol. The third-order valence-electron chi connectivity index (χ3n) is 4.79. The Morgan fingerprint density at radius 3 is 2.76 bits per heavy atom. The van der Waals surface area contributed by atoms with Crippen LogP contribution in [0.5, 0.6) is 0 Å². The zero-order chi connectivity index (χ0) is 18.2. The molecule has 2 saturated heterocycles. The molecule has 6 nitrogen and oxygen atoms in total. The molecule has 0 bridgehead atoms. The van der Waals surface area contributed by atoms with Crippen molar-refractivity contribution in [1.29, 1.82) is 0 Å². The second-order valence-electron chi connectivity index (χ2n) is 7.22. The Morgan fingerprint density at radius 2 is 2.12 bits per heavy atom. The molecule has 0 aliphatic carbocycles. The fourth-order valence-corrected chi connectivity index (χ4v) is 3.75. The number of alkyl halides is 2. The molecule has 1 unspecified atom stereocenters. The summed E-state index contributed by atoms with van der Waals surface area (Å²) in [7, 11) is 3.42. The molecule has 2 amide bonds. The molecule has 3 heterocycles. The first-order chi connectivity index (χ1) is 11.7. The molecule has 8 heteroatoms. The summed E-state index contributed by atoms with van der Waals surface area (Å²) in [6.45, 7) is -0.171. The molecular formula is C17H22F2N4O2. The topological polar surface area (TPSA) is 56.8 Å². The van der Waals surface area contributed by atoms with E-state index in [-0.39, 0.29) is 24.9 Å². The van der Waals surface area contributed by atoms with E-state index in [0.717, 1.165) is 4.90 Å². The third-order valence-corrected chi connectivity index (χ3v) is 4.79. The number of rotatable bonds is 3. The second-order valence-corrected chi connectivity index (χ2v) is 7.22. The highest BCUT2D eigenvalue weighted by Gasteiger charge is 2.57. The molecule has 0 saturated carbocycles. The molecule has 0 aromatic carbocycles. The van der Waals surface area contributed by atoms with Crippen LogP contribution < -0.4 is 4.90 Å². The average molecular weight is 352 g/mol. The zero-order valence-electron chi connectivity index (χ0n) is 14.4. The molecule has 2 fully saturated rings. The van der Waals surface area contributed by atoms with Crippen molar-refractivity contribution in [3.05, 3.63) is 24.5 Å². The minimum Gasteiger partial charge on any atom is -0.334 e. The molecule has 0 N–H and O–H groups in total. The number of piperidine rings is 1. The molecule has 1 spiro atoms. The summed E-state index contributed by atoms with van der Waals surface area (Å²) >= 11 is 0. The highest BCUT2D eigenvalue weighted by molar-refractivity contribution is 6.00. The van der Waals surface area contributed by atoms with E-state index >= 15 is 0 Å². The number of carbonyl (C=O) groups is 2. The van der Waals surface area contributed by atoms with E-state index in [0.29, 0.717) is 18.7 Å². The smallest absolute Gasteiger partial charge is 0.266 e. The molecule has 1 aromatic rings. The van der Waals surface area contributed by atoms with E-state index in [9.17, 15) is 18.4 Å². The molecule has 25 heavy (non-hydrogen) atoms. The van der Waals surface area contributed by atoms with E-state index < -0.39 is 24.3 Å². The van der Waals surface area contributed by atoms with Crippen LogP contribution in [-0.2, 0) is 9.59 Å².